The standard InChI is InChI=1S/C14H19O3.3C4H9.Sn/c1-3-17-13(16)11-8-10(2)9-14(11)7-5-4-6-12(14)15;3*1-3-4-2;/h8,11H,2-7,9H2,1H3;3*1,3-4H2,2H3;/t11?,14-;;;;/m0..../s1. The number of ketones is 1. The van der Waals surface area contributed by atoms with Gasteiger partial charge in [0.2, 0.25) is 0 Å². The molecule has 1 unspecified atom stereocenters. The molecule has 3 nitrogen and oxygen atoms in total. The normalized spacial score (nSPS) is 24.3. The summed E-state index contributed by atoms with van der Waals surface area (Å²) in [5.41, 5.74) is 0.986. The average molecular weight is 525 g/mol. The predicted molar refractivity (Wildman–Crippen MR) is 128 cm³/mol. The van der Waals surface area contributed by atoms with Crippen LogP contribution in [-0.4, -0.2) is 36.7 Å². The molecule has 0 amide bonds. The molecule has 2 atom stereocenters. The van der Waals surface area contributed by atoms with E-state index in [0.717, 1.165) is 25.7 Å². The summed E-state index contributed by atoms with van der Waals surface area (Å²) in [4.78, 5) is 26.0. The number of carbonyl (C=O) groups excluding carboxylic acids is 2. The van der Waals surface area contributed by atoms with Crippen molar-refractivity contribution < 1.29 is 14.3 Å². The second-order valence-corrected chi connectivity index (χ2v) is 23.9. The molecule has 172 valence electrons. The van der Waals surface area contributed by atoms with Crippen LogP contribution in [0.2, 0.25) is 17.7 Å². The van der Waals surface area contributed by atoms with Crippen molar-refractivity contribution in [3.8, 4) is 0 Å². The number of hydrogen-bond donors (Lipinski definition) is 0. The van der Waals surface area contributed by atoms with Crippen molar-refractivity contribution in [1.29, 1.82) is 0 Å². The summed E-state index contributed by atoms with van der Waals surface area (Å²) in [6, 6.07) is 0. The Hall–Kier alpha value is -0.321. The third-order valence-electron chi connectivity index (χ3n) is 7.70. The molecule has 0 saturated heterocycles. The molecule has 0 aromatic rings. The van der Waals surface area contributed by atoms with E-state index < -0.39 is 23.8 Å². The topological polar surface area (TPSA) is 43.4 Å². The van der Waals surface area contributed by atoms with E-state index in [2.05, 4.69) is 26.8 Å². The van der Waals surface area contributed by atoms with Crippen LogP contribution in [0, 0.1) is 11.3 Å². The van der Waals surface area contributed by atoms with Crippen LogP contribution < -0.4 is 0 Å². The fourth-order valence-corrected chi connectivity index (χ4v) is 22.6. The zero-order valence-electron chi connectivity index (χ0n) is 20.2. The Balaban J connectivity index is 2.31. The van der Waals surface area contributed by atoms with E-state index in [0.29, 0.717) is 18.8 Å². The summed E-state index contributed by atoms with van der Waals surface area (Å²) in [5.74, 6) is -0.151. The fourth-order valence-electron chi connectivity index (χ4n) is 6.02. The number of allylic oxidation sites excluding steroid dienone is 1. The molecular weight excluding hydrogens is 479 g/mol. The van der Waals surface area contributed by atoms with Gasteiger partial charge in [0.1, 0.15) is 0 Å². The van der Waals surface area contributed by atoms with Gasteiger partial charge in [0, 0.05) is 0 Å². The van der Waals surface area contributed by atoms with Gasteiger partial charge in [-0.15, -0.1) is 0 Å². The molecule has 0 aromatic carbocycles. The first-order valence-electron chi connectivity index (χ1n) is 12.9. The Bertz CT molecular complexity index is 575. The zero-order chi connectivity index (χ0) is 22.0. The average Bonchev–Trinajstić information content (AvgIpc) is 3.10. The third-order valence-corrected chi connectivity index (χ3v) is 23.2. The second kappa shape index (κ2) is 12.6. The Kier molecular flexibility index (Phi) is 10.9. The molecule has 30 heavy (non-hydrogen) atoms. The van der Waals surface area contributed by atoms with Crippen LogP contribution in [0.15, 0.2) is 11.6 Å². The predicted octanol–water partition coefficient (Wildman–Crippen LogP) is 7.47. The minimum absolute atomic E-state index is 0.153. The molecule has 0 aliphatic heterocycles. The first-order valence-corrected chi connectivity index (χ1v) is 20.9. The molecule has 0 heterocycles. The summed E-state index contributed by atoms with van der Waals surface area (Å²) < 4.78 is 11.2. The van der Waals surface area contributed by atoms with E-state index in [4.69, 9.17) is 4.74 Å². The van der Waals surface area contributed by atoms with Gasteiger partial charge in [-0.25, -0.2) is 0 Å². The number of esters is 1. The number of ether oxygens (including phenoxy) is 1. The van der Waals surface area contributed by atoms with Gasteiger partial charge >= 0.3 is 190 Å². The molecule has 0 bridgehead atoms. The molecule has 0 N–H and O–H groups in total. The van der Waals surface area contributed by atoms with E-state index >= 15 is 0 Å². The van der Waals surface area contributed by atoms with Gasteiger partial charge in [-0.05, 0) is 0 Å². The van der Waals surface area contributed by atoms with Crippen molar-refractivity contribution in [3.05, 3.63) is 11.6 Å². The van der Waals surface area contributed by atoms with Crippen LogP contribution in [0.3, 0.4) is 0 Å². The van der Waals surface area contributed by atoms with Gasteiger partial charge in [-0.3, -0.25) is 0 Å². The van der Waals surface area contributed by atoms with Crippen LogP contribution in [0.25, 0.3) is 0 Å². The molecule has 2 aliphatic rings. The van der Waals surface area contributed by atoms with Gasteiger partial charge in [0.25, 0.3) is 0 Å². The molecule has 2 aliphatic carbocycles. The molecule has 0 radical (unpaired) electrons. The van der Waals surface area contributed by atoms with Crippen molar-refractivity contribution in [2.45, 2.75) is 116 Å². The van der Waals surface area contributed by atoms with E-state index in [1.54, 1.807) is 0 Å². The maximum atomic E-state index is 13.1. The summed E-state index contributed by atoms with van der Waals surface area (Å²) in [6.07, 6.45) is 14.6. The van der Waals surface area contributed by atoms with Crippen LogP contribution in [0.1, 0.15) is 98.3 Å². The first kappa shape index (κ1) is 25.9. The molecule has 1 spiro atoms. The van der Waals surface area contributed by atoms with Crippen LogP contribution in [0.4, 0.5) is 0 Å². The molecule has 1 fully saturated rings. The van der Waals surface area contributed by atoms with Gasteiger partial charge < -0.3 is 0 Å². The quantitative estimate of drug-likeness (QED) is 0.142. The summed E-state index contributed by atoms with van der Waals surface area (Å²) >= 11 is -2.35. The minimum atomic E-state index is -2.35. The van der Waals surface area contributed by atoms with E-state index in [1.807, 2.05) is 6.92 Å². The van der Waals surface area contributed by atoms with Crippen molar-refractivity contribution in [3.63, 3.8) is 0 Å². The molecule has 1 saturated carbocycles. The second-order valence-electron chi connectivity index (χ2n) is 10.0. The third kappa shape index (κ3) is 6.35. The van der Waals surface area contributed by atoms with Crippen molar-refractivity contribution in [2.24, 2.45) is 11.3 Å². The Labute approximate surface area is 189 Å². The van der Waals surface area contributed by atoms with E-state index in [-0.39, 0.29) is 11.9 Å². The number of hydrogen-bond acceptors (Lipinski definition) is 3. The molecule has 2 rings (SSSR count). The van der Waals surface area contributed by atoms with Gasteiger partial charge in [-0.2, -0.15) is 0 Å². The number of carbonyl (C=O) groups is 2. The summed E-state index contributed by atoms with van der Waals surface area (Å²) in [7, 11) is 0. The summed E-state index contributed by atoms with van der Waals surface area (Å²) in [6.45, 7) is 9.22. The first-order chi connectivity index (χ1) is 14.5. The van der Waals surface area contributed by atoms with Crippen molar-refractivity contribution >= 4 is 30.1 Å². The number of rotatable bonds is 13. The Morgan fingerprint density at radius 1 is 1.03 bits per heavy atom. The van der Waals surface area contributed by atoms with Gasteiger partial charge in [0.15, 0.2) is 0 Å². The monoisotopic (exact) mass is 526 g/mol. The van der Waals surface area contributed by atoms with Crippen LogP contribution >= 0.6 is 0 Å². The van der Waals surface area contributed by atoms with Gasteiger partial charge in [0.05, 0.1) is 0 Å². The number of unbranched alkanes of at least 4 members (excludes halogenated alkanes) is 3. The van der Waals surface area contributed by atoms with Crippen LogP contribution in [-0.2, 0) is 14.3 Å². The van der Waals surface area contributed by atoms with Crippen molar-refractivity contribution in [2.75, 3.05) is 6.61 Å². The Morgan fingerprint density at radius 2 is 1.63 bits per heavy atom. The van der Waals surface area contributed by atoms with Gasteiger partial charge in [-0.1, -0.05) is 0 Å². The van der Waals surface area contributed by atoms with E-state index in [9.17, 15) is 9.59 Å². The van der Waals surface area contributed by atoms with E-state index in [1.165, 1.54) is 61.8 Å². The number of Topliss-reactive ketones (excluding diaryl/α,β-unsaturated/α-hetero) is 1. The molecular formula is C26H46O3Sn. The molecule has 0 aromatic heterocycles. The fraction of sp³-hybridized carbons (Fsp3) is 0.846. The van der Waals surface area contributed by atoms with Crippen LogP contribution in [0.5, 0.6) is 0 Å². The zero-order valence-corrected chi connectivity index (χ0v) is 23.0. The summed E-state index contributed by atoms with van der Waals surface area (Å²) in [5, 5.41) is 0. The SMILES string of the molecule is CCC[CH2][Sn]([CH2]CCC)([CH2]CCC)[CH2]C1=CC(C(=O)OCC)[C@]2(CCCCC2=O)C1. The van der Waals surface area contributed by atoms with Crippen molar-refractivity contribution in [1.82, 2.24) is 0 Å². The Morgan fingerprint density at radius 3 is 2.13 bits per heavy atom. The molecule has 4 heteroatoms. The maximum absolute atomic E-state index is 13.1.